The highest BCUT2D eigenvalue weighted by Crippen LogP contribution is 2.36. The summed E-state index contributed by atoms with van der Waals surface area (Å²) in [6, 6.07) is 11.1. The van der Waals surface area contributed by atoms with Crippen LogP contribution in [0.15, 0.2) is 41.5 Å². The molecule has 2 aromatic carbocycles. The third kappa shape index (κ3) is 2.05. The van der Waals surface area contributed by atoms with Crippen molar-refractivity contribution in [3.8, 4) is 11.5 Å². The molecule has 0 bridgehead atoms. The summed E-state index contributed by atoms with van der Waals surface area (Å²) in [7, 11) is 0. The van der Waals surface area contributed by atoms with E-state index in [2.05, 4.69) is 10.5 Å². The van der Waals surface area contributed by atoms with Crippen molar-refractivity contribution < 1.29 is 14.3 Å². The predicted octanol–water partition coefficient (Wildman–Crippen LogP) is 1.42. The average molecular weight is 295 g/mol. The van der Waals surface area contributed by atoms with E-state index in [9.17, 15) is 4.79 Å². The molecule has 3 N–H and O–H groups in total. The van der Waals surface area contributed by atoms with Gasteiger partial charge in [0.15, 0.2) is 11.5 Å². The fourth-order valence-electron chi connectivity index (χ4n) is 2.60. The number of hydrazone groups is 1. The fourth-order valence-corrected chi connectivity index (χ4v) is 2.60. The van der Waals surface area contributed by atoms with Crippen LogP contribution in [0.4, 0.5) is 5.69 Å². The van der Waals surface area contributed by atoms with E-state index in [1.54, 1.807) is 12.1 Å². The number of rotatable bonds is 1. The monoisotopic (exact) mass is 295 g/mol. The van der Waals surface area contributed by atoms with Crippen LogP contribution in [0.25, 0.3) is 0 Å². The van der Waals surface area contributed by atoms with E-state index < -0.39 is 0 Å². The molecular formula is C16H13N3O3. The zero-order valence-corrected chi connectivity index (χ0v) is 11.6. The molecule has 0 aromatic heterocycles. The van der Waals surface area contributed by atoms with Gasteiger partial charge in [0, 0.05) is 16.8 Å². The zero-order valence-electron chi connectivity index (χ0n) is 11.6. The standard InChI is InChI=1S/C16H13N3O3/c17-11-3-1-9(2-4-11)16-12-7-14-13(21-8-22-14)5-10(12)6-15(20)18-19-16/h1-5,7H,6,8,17H2,(H,18,20). The number of nitrogen functional groups attached to an aromatic ring is 1. The van der Waals surface area contributed by atoms with Crippen LogP contribution < -0.4 is 20.6 Å². The number of carbonyl (C=O) groups excluding carboxylic acids is 1. The molecule has 0 atom stereocenters. The van der Waals surface area contributed by atoms with Gasteiger partial charge in [-0.2, -0.15) is 5.10 Å². The van der Waals surface area contributed by atoms with Crippen molar-refractivity contribution >= 4 is 17.3 Å². The highest BCUT2D eigenvalue weighted by molar-refractivity contribution is 6.15. The van der Waals surface area contributed by atoms with E-state index in [4.69, 9.17) is 15.2 Å². The zero-order chi connectivity index (χ0) is 15.1. The second kappa shape index (κ2) is 4.77. The van der Waals surface area contributed by atoms with Crippen molar-refractivity contribution in [2.45, 2.75) is 6.42 Å². The maximum atomic E-state index is 11.9. The fraction of sp³-hybridized carbons (Fsp3) is 0.125. The molecule has 0 unspecified atom stereocenters. The highest BCUT2D eigenvalue weighted by Gasteiger charge is 2.24. The minimum atomic E-state index is -0.162. The number of nitrogens with zero attached hydrogens (tertiary/aromatic N) is 1. The van der Waals surface area contributed by atoms with Crippen LogP contribution in [0.1, 0.15) is 16.7 Å². The maximum absolute atomic E-state index is 11.9. The smallest absolute Gasteiger partial charge is 0.244 e. The maximum Gasteiger partial charge on any atom is 0.244 e. The summed E-state index contributed by atoms with van der Waals surface area (Å²) in [6.07, 6.45) is 0.244. The molecule has 2 aliphatic heterocycles. The van der Waals surface area contributed by atoms with Crippen LogP contribution in [-0.2, 0) is 11.2 Å². The second-order valence-corrected chi connectivity index (χ2v) is 5.16. The van der Waals surface area contributed by atoms with E-state index in [-0.39, 0.29) is 19.1 Å². The topological polar surface area (TPSA) is 85.9 Å². The number of ether oxygens (including phenoxy) is 2. The van der Waals surface area contributed by atoms with E-state index in [1.165, 1.54) is 0 Å². The van der Waals surface area contributed by atoms with E-state index in [0.717, 1.165) is 16.7 Å². The van der Waals surface area contributed by atoms with Gasteiger partial charge >= 0.3 is 0 Å². The molecule has 0 spiro atoms. The predicted molar refractivity (Wildman–Crippen MR) is 80.9 cm³/mol. The number of fused-ring (bicyclic) bond motifs is 2. The van der Waals surface area contributed by atoms with Gasteiger partial charge in [0.2, 0.25) is 12.7 Å². The molecule has 22 heavy (non-hydrogen) atoms. The molecule has 4 rings (SSSR count). The summed E-state index contributed by atoms with van der Waals surface area (Å²) >= 11 is 0. The molecule has 0 aliphatic carbocycles. The van der Waals surface area contributed by atoms with Crippen LogP contribution in [0.3, 0.4) is 0 Å². The summed E-state index contributed by atoms with van der Waals surface area (Å²) in [5.41, 5.74) is 12.2. The van der Waals surface area contributed by atoms with Crippen molar-refractivity contribution in [1.29, 1.82) is 0 Å². The van der Waals surface area contributed by atoms with Crippen molar-refractivity contribution in [2.24, 2.45) is 5.10 Å². The Balaban J connectivity index is 1.89. The molecule has 2 heterocycles. The minimum Gasteiger partial charge on any atom is -0.454 e. The Morgan fingerprint density at radius 3 is 2.59 bits per heavy atom. The van der Waals surface area contributed by atoms with Crippen LogP contribution in [-0.4, -0.2) is 18.4 Å². The van der Waals surface area contributed by atoms with Gasteiger partial charge in [0.25, 0.3) is 0 Å². The number of nitrogens with two attached hydrogens (primary N) is 1. The third-order valence-corrected chi connectivity index (χ3v) is 3.68. The first-order valence-corrected chi connectivity index (χ1v) is 6.86. The number of carbonyl (C=O) groups is 1. The Labute approximate surface area is 126 Å². The molecule has 110 valence electrons. The molecule has 0 radical (unpaired) electrons. The number of hydrogen-bond acceptors (Lipinski definition) is 5. The molecule has 6 nitrogen and oxygen atoms in total. The largest absolute Gasteiger partial charge is 0.454 e. The Morgan fingerprint density at radius 1 is 1.09 bits per heavy atom. The second-order valence-electron chi connectivity index (χ2n) is 5.16. The quantitative estimate of drug-likeness (QED) is 0.779. The summed E-state index contributed by atoms with van der Waals surface area (Å²) in [6.45, 7) is 0.193. The van der Waals surface area contributed by atoms with Gasteiger partial charge in [-0.1, -0.05) is 12.1 Å². The van der Waals surface area contributed by atoms with Crippen LogP contribution in [0.5, 0.6) is 11.5 Å². The minimum absolute atomic E-state index is 0.162. The van der Waals surface area contributed by atoms with Crippen LogP contribution >= 0.6 is 0 Å². The summed E-state index contributed by atoms with van der Waals surface area (Å²) in [5.74, 6) is 1.16. The van der Waals surface area contributed by atoms with Crippen molar-refractivity contribution in [3.63, 3.8) is 0 Å². The molecule has 2 aliphatic rings. The normalized spacial score (nSPS) is 15.6. The SMILES string of the molecule is Nc1ccc(C2=NNC(=O)Cc3cc4c(cc32)OCO4)cc1. The van der Waals surface area contributed by atoms with E-state index in [1.807, 2.05) is 24.3 Å². The molecule has 0 saturated carbocycles. The molecule has 6 heteroatoms. The first-order valence-electron chi connectivity index (χ1n) is 6.86. The highest BCUT2D eigenvalue weighted by atomic mass is 16.7. The molecular weight excluding hydrogens is 282 g/mol. The molecule has 0 fully saturated rings. The van der Waals surface area contributed by atoms with Gasteiger partial charge < -0.3 is 15.2 Å². The summed E-state index contributed by atoms with van der Waals surface area (Å²) < 4.78 is 10.8. The van der Waals surface area contributed by atoms with Crippen LogP contribution in [0, 0.1) is 0 Å². The number of nitrogens with one attached hydrogen (secondary N) is 1. The van der Waals surface area contributed by atoms with E-state index >= 15 is 0 Å². The third-order valence-electron chi connectivity index (χ3n) is 3.68. The van der Waals surface area contributed by atoms with Crippen molar-refractivity contribution in [3.05, 3.63) is 53.1 Å². The lowest BCUT2D eigenvalue weighted by Crippen LogP contribution is -2.18. The molecule has 0 saturated heterocycles. The number of hydrogen-bond donors (Lipinski definition) is 2. The molecule has 2 aromatic rings. The van der Waals surface area contributed by atoms with Gasteiger partial charge in [0.05, 0.1) is 12.1 Å². The van der Waals surface area contributed by atoms with Gasteiger partial charge in [-0.15, -0.1) is 0 Å². The average Bonchev–Trinajstić information content (AvgIpc) is 2.89. The Bertz CT molecular complexity index is 797. The Hall–Kier alpha value is -3.02. The first-order chi connectivity index (χ1) is 10.7. The molecule has 1 amide bonds. The lowest BCUT2D eigenvalue weighted by Gasteiger charge is -2.10. The van der Waals surface area contributed by atoms with E-state index in [0.29, 0.717) is 22.9 Å². The van der Waals surface area contributed by atoms with Gasteiger partial charge in [-0.05, 0) is 29.8 Å². The van der Waals surface area contributed by atoms with Crippen LogP contribution in [0.2, 0.25) is 0 Å². The lowest BCUT2D eigenvalue weighted by atomic mass is 9.95. The van der Waals surface area contributed by atoms with Gasteiger partial charge in [-0.25, -0.2) is 5.43 Å². The Morgan fingerprint density at radius 2 is 1.82 bits per heavy atom. The number of anilines is 1. The Kier molecular flexibility index (Phi) is 2.75. The summed E-state index contributed by atoms with van der Waals surface area (Å²) in [5, 5.41) is 4.25. The summed E-state index contributed by atoms with van der Waals surface area (Å²) in [4.78, 5) is 11.9. The first kappa shape index (κ1) is 12.7. The van der Waals surface area contributed by atoms with Crippen molar-refractivity contribution in [2.75, 3.05) is 12.5 Å². The lowest BCUT2D eigenvalue weighted by molar-refractivity contribution is -0.120. The van der Waals surface area contributed by atoms with Crippen molar-refractivity contribution in [1.82, 2.24) is 5.43 Å². The number of amides is 1. The van der Waals surface area contributed by atoms with Gasteiger partial charge in [-0.3, -0.25) is 4.79 Å². The van der Waals surface area contributed by atoms with Gasteiger partial charge in [0.1, 0.15) is 0 Å². The number of benzene rings is 2.